The Morgan fingerprint density at radius 3 is 2.26 bits per heavy atom. The van der Waals surface area contributed by atoms with Crippen LogP contribution in [0.2, 0.25) is 0 Å². The number of anilines is 2. The highest BCUT2D eigenvalue weighted by Gasteiger charge is 2.48. The monoisotopic (exact) mass is 502 g/mol. The summed E-state index contributed by atoms with van der Waals surface area (Å²) >= 11 is 0. The minimum absolute atomic E-state index is 0.157. The van der Waals surface area contributed by atoms with E-state index in [1.54, 1.807) is 48.5 Å². The highest BCUT2D eigenvalue weighted by Crippen LogP contribution is 2.39. The summed E-state index contributed by atoms with van der Waals surface area (Å²) in [6.07, 6.45) is 3.27. The molecule has 0 spiro atoms. The van der Waals surface area contributed by atoms with Crippen LogP contribution >= 0.6 is 0 Å². The molecule has 1 aliphatic carbocycles. The van der Waals surface area contributed by atoms with Crippen LogP contribution in [0.1, 0.15) is 30.1 Å². The highest BCUT2D eigenvalue weighted by atomic mass is 16.5. The molecular weight excluding hydrogens is 476 g/mol. The van der Waals surface area contributed by atoms with Crippen LogP contribution in [0, 0.1) is 11.8 Å². The van der Waals surface area contributed by atoms with E-state index in [0.29, 0.717) is 35.5 Å². The van der Waals surface area contributed by atoms with Crippen molar-refractivity contribution in [3.05, 3.63) is 108 Å². The van der Waals surface area contributed by atoms with Crippen molar-refractivity contribution < 1.29 is 19.1 Å². The maximum absolute atomic E-state index is 12.9. The van der Waals surface area contributed by atoms with Crippen molar-refractivity contribution in [2.75, 3.05) is 10.2 Å². The normalized spacial score (nSPS) is 18.8. The second-order valence-corrected chi connectivity index (χ2v) is 9.85. The molecule has 0 aromatic heterocycles. The van der Waals surface area contributed by atoms with E-state index in [2.05, 4.69) is 11.4 Å². The number of rotatable bonds is 5. The number of ether oxygens (including phenoxy) is 1. The molecule has 2 atom stereocenters. The van der Waals surface area contributed by atoms with Crippen molar-refractivity contribution in [3.8, 4) is 11.5 Å². The van der Waals surface area contributed by atoms with Gasteiger partial charge in [-0.05, 0) is 91.2 Å². The first-order chi connectivity index (χ1) is 18.5. The molecule has 1 fully saturated rings. The molecule has 2 aliphatic rings. The molecule has 6 nitrogen and oxygen atoms in total. The fraction of sp³-hybridized carbons (Fsp3) is 0.156. The van der Waals surface area contributed by atoms with Crippen molar-refractivity contribution in [3.63, 3.8) is 0 Å². The summed E-state index contributed by atoms with van der Waals surface area (Å²) in [5.74, 6) is 0.218. The van der Waals surface area contributed by atoms with E-state index in [-0.39, 0.29) is 29.6 Å². The standard InChI is InChI=1S/C32H26N2O4/c1-20-6-17-28-29(18-20)32(37)34(31(28)36)25-12-7-22(8-13-25)30(35)33-24-10-15-26(16-11-24)38-27-14-9-21-4-2-3-5-23(21)19-27/h2-16,19,28-29H,17-18H2,1H3,(H,33,35)/t28-,29-/m0/s1. The maximum atomic E-state index is 12.9. The third-order valence-corrected chi connectivity index (χ3v) is 7.28. The zero-order chi connectivity index (χ0) is 26.2. The average molecular weight is 503 g/mol. The van der Waals surface area contributed by atoms with Crippen LogP contribution in [0.3, 0.4) is 0 Å². The van der Waals surface area contributed by atoms with Crippen LogP contribution in [0.4, 0.5) is 11.4 Å². The first-order valence-corrected chi connectivity index (χ1v) is 12.7. The molecule has 6 rings (SSSR count). The number of hydrogen-bond donors (Lipinski definition) is 1. The van der Waals surface area contributed by atoms with Crippen molar-refractivity contribution in [2.24, 2.45) is 11.8 Å². The van der Waals surface area contributed by atoms with E-state index in [1.165, 1.54) is 4.90 Å². The number of amides is 3. The fourth-order valence-electron chi connectivity index (χ4n) is 5.23. The molecule has 188 valence electrons. The fourth-order valence-corrected chi connectivity index (χ4v) is 5.23. The lowest BCUT2D eigenvalue weighted by atomic mass is 9.82. The van der Waals surface area contributed by atoms with Crippen molar-refractivity contribution in [1.82, 2.24) is 0 Å². The van der Waals surface area contributed by atoms with Crippen LogP contribution in [0.15, 0.2) is 103 Å². The van der Waals surface area contributed by atoms with Crippen molar-refractivity contribution >= 4 is 39.9 Å². The van der Waals surface area contributed by atoms with Gasteiger partial charge in [-0.3, -0.25) is 19.3 Å². The van der Waals surface area contributed by atoms with E-state index in [9.17, 15) is 14.4 Å². The molecule has 4 aromatic carbocycles. The summed E-state index contributed by atoms with van der Waals surface area (Å²) < 4.78 is 5.98. The minimum atomic E-state index is -0.289. The molecule has 0 unspecified atom stereocenters. The van der Waals surface area contributed by atoms with E-state index < -0.39 is 0 Å². The zero-order valence-corrected chi connectivity index (χ0v) is 20.9. The summed E-state index contributed by atoms with van der Waals surface area (Å²) in [6, 6.07) is 27.8. The van der Waals surface area contributed by atoms with Crippen LogP contribution < -0.4 is 15.0 Å². The number of imide groups is 1. The Bertz CT molecular complexity index is 1590. The molecule has 1 N–H and O–H groups in total. The van der Waals surface area contributed by atoms with Gasteiger partial charge in [-0.1, -0.05) is 42.0 Å². The van der Waals surface area contributed by atoms with Gasteiger partial charge in [0, 0.05) is 11.3 Å². The molecule has 4 aromatic rings. The second-order valence-electron chi connectivity index (χ2n) is 9.85. The number of nitrogens with zero attached hydrogens (tertiary/aromatic N) is 1. The van der Waals surface area contributed by atoms with Crippen LogP contribution in [-0.2, 0) is 9.59 Å². The smallest absolute Gasteiger partial charge is 0.255 e. The predicted molar refractivity (Wildman–Crippen MR) is 147 cm³/mol. The first-order valence-electron chi connectivity index (χ1n) is 12.7. The summed E-state index contributed by atoms with van der Waals surface area (Å²) in [6.45, 7) is 2.00. The van der Waals surface area contributed by atoms with Crippen molar-refractivity contribution in [1.29, 1.82) is 0 Å². The van der Waals surface area contributed by atoms with Crippen molar-refractivity contribution in [2.45, 2.75) is 19.8 Å². The SMILES string of the molecule is CC1=CC[C@@H]2C(=O)N(c3ccc(C(=O)Nc4ccc(Oc5ccc6ccccc6c5)cc4)cc3)C(=O)[C@H]2C1. The number of benzene rings is 4. The quantitative estimate of drug-likeness (QED) is 0.243. The van der Waals surface area contributed by atoms with Gasteiger partial charge in [0.25, 0.3) is 5.91 Å². The summed E-state index contributed by atoms with van der Waals surface area (Å²) in [5, 5.41) is 5.13. The summed E-state index contributed by atoms with van der Waals surface area (Å²) in [7, 11) is 0. The maximum Gasteiger partial charge on any atom is 0.255 e. The van der Waals surface area contributed by atoms with E-state index in [1.807, 2.05) is 49.4 Å². The van der Waals surface area contributed by atoms with Gasteiger partial charge >= 0.3 is 0 Å². The van der Waals surface area contributed by atoms with Gasteiger partial charge in [0.05, 0.1) is 17.5 Å². The number of carbonyl (C=O) groups excluding carboxylic acids is 3. The predicted octanol–water partition coefficient (Wildman–Crippen LogP) is 6.73. The van der Waals surface area contributed by atoms with Crippen LogP contribution in [0.25, 0.3) is 10.8 Å². The van der Waals surface area contributed by atoms with Crippen LogP contribution in [-0.4, -0.2) is 17.7 Å². The molecule has 0 bridgehead atoms. The minimum Gasteiger partial charge on any atom is -0.457 e. The Morgan fingerprint density at radius 1 is 0.816 bits per heavy atom. The highest BCUT2D eigenvalue weighted by molar-refractivity contribution is 6.22. The Morgan fingerprint density at radius 2 is 1.50 bits per heavy atom. The largest absolute Gasteiger partial charge is 0.457 e. The second kappa shape index (κ2) is 9.63. The van der Waals surface area contributed by atoms with E-state index in [4.69, 9.17) is 4.74 Å². The molecule has 38 heavy (non-hydrogen) atoms. The number of hydrogen-bond acceptors (Lipinski definition) is 4. The molecule has 0 saturated carbocycles. The van der Waals surface area contributed by atoms with Crippen LogP contribution in [0.5, 0.6) is 11.5 Å². The Balaban J connectivity index is 1.10. The van der Waals surface area contributed by atoms with Gasteiger partial charge < -0.3 is 10.1 Å². The van der Waals surface area contributed by atoms with Gasteiger partial charge in [-0.2, -0.15) is 0 Å². The number of fused-ring (bicyclic) bond motifs is 2. The molecule has 3 amide bonds. The Hall–Kier alpha value is -4.71. The molecule has 1 aliphatic heterocycles. The summed E-state index contributed by atoms with van der Waals surface area (Å²) in [5.41, 5.74) is 2.70. The molecule has 1 saturated heterocycles. The Kier molecular flexibility index (Phi) is 6.00. The van der Waals surface area contributed by atoms with E-state index >= 15 is 0 Å². The van der Waals surface area contributed by atoms with Gasteiger partial charge in [0.2, 0.25) is 11.8 Å². The number of nitrogens with one attached hydrogen (secondary N) is 1. The molecular formula is C32H26N2O4. The number of allylic oxidation sites excluding steroid dienone is 2. The molecule has 1 heterocycles. The first kappa shape index (κ1) is 23.7. The van der Waals surface area contributed by atoms with E-state index in [0.717, 1.165) is 22.1 Å². The van der Waals surface area contributed by atoms with Gasteiger partial charge in [-0.15, -0.1) is 0 Å². The molecule has 0 radical (unpaired) electrons. The topological polar surface area (TPSA) is 75.7 Å². The lowest BCUT2D eigenvalue weighted by molar-refractivity contribution is -0.122. The summed E-state index contributed by atoms with van der Waals surface area (Å²) in [4.78, 5) is 39.9. The number of carbonyl (C=O) groups is 3. The zero-order valence-electron chi connectivity index (χ0n) is 20.9. The third kappa shape index (κ3) is 4.45. The molecule has 6 heteroatoms. The average Bonchev–Trinajstić information content (AvgIpc) is 3.18. The lowest BCUT2D eigenvalue weighted by Gasteiger charge is -2.18. The van der Waals surface area contributed by atoms with Gasteiger partial charge in [0.1, 0.15) is 11.5 Å². The lowest BCUT2D eigenvalue weighted by Crippen LogP contribution is -2.30. The third-order valence-electron chi connectivity index (χ3n) is 7.28. The Labute approximate surface area is 220 Å². The van der Waals surface area contributed by atoms with Gasteiger partial charge in [-0.25, -0.2) is 0 Å². The van der Waals surface area contributed by atoms with Gasteiger partial charge in [0.15, 0.2) is 0 Å².